The van der Waals surface area contributed by atoms with Crippen molar-refractivity contribution in [2.24, 2.45) is 7.05 Å². The maximum absolute atomic E-state index is 7.14. The lowest BCUT2D eigenvalue weighted by molar-refractivity contribution is 0.786. The number of hydrogen-bond donors (Lipinski definition) is 1. The molecule has 1 rings (SSSR count). The molecule has 0 fully saturated rings. The van der Waals surface area contributed by atoms with E-state index in [4.69, 9.17) is 5.41 Å². The zero-order valence-electron chi connectivity index (χ0n) is 4.63. The van der Waals surface area contributed by atoms with Crippen LogP contribution in [-0.4, -0.2) is 9.55 Å². The van der Waals surface area contributed by atoms with Gasteiger partial charge in [0.2, 0.25) is 0 Å². The lowest BCUT2D eigenvalue weighted by atomic mass is 10.6. The minimum Gasteiger partial charge on any atom is -0.321 e. The van der Waals surface area contributed by atoms with Gasteiger partial charge in [-0.25, -0.2) is 4.98 Å². The molecule has 1 aromatic rings. The van der Waals surface area contributed by atoms with Crippen molar-refractivity contribution in [3.8, 4) is 0 Å². The minimum atomic E-state index is 0.472. The van der Waals surface area contributed by atoms with Crippen LogP contribution in [0.5, 0.6) is 0 Å². The Bertz CT molecular complexity index is 225. The fraction of sp³-hybridized carbons (Fsp3) is 0.200. The van der Waals surface area contributed by atoms with E-state index in [9.17, 15) is 0 Å². The van der Waals surface area contributed by atoms with Crippen LogP contribution in [0.4, 0.5) is 0 Å². The molecule has 0 aromatic carbocycles. The molecule has 1 N–H and O–H groups in total. The standard InChI is InChI=1S/C5H7N3/c1-8-4-7-3-2-5(8)6/h2-4,6H,1H3. The first-order valence-corrected chi connectivity index (χ1v) is 2.32. The summed E-state index contributed by atoms with van der Waals surface area (Å²) in [6.45, 7) is 0. The van der Waals surface area contributed by atoms with Gasteiger partial charge in [0, 0.05) is 13.2 Å². The molecule has 0 aliphatic rings. The van der Waals surface area contributed by atoms with Crippen LogP contribution in [0.25, 0.3) is 0 Å². The van der Waals surface area contributed by atoms with Gasteiger partial charge in [-0.2, -0.15) is 0 Å². The van der Waals surface area contributed by atoms with E-state index in [1.165, 1.54) is 0 Å². The maximum Gasteiger partial charge on any atom is 0.127 e. The van der Waals surface area contributed by atoms with Crippen molar-refractivity contribution in [3.05, 3.63) is 24.1 Å². The van der Waals surface area contributed by atoms with E-state index < -0.39 is 0 Å². The molecule has 42 valence electrons. The van der Waals surface area contributed by atoms with Gasteiger partial charge >= 0.3 is 0 Å². The van der Waals surface area contributed by atoms with E-state index in [0.717, 1.165) is 0 Å². The van der Waals surface area contributed by atoms with Gasteiger partial charge in [0.1, 0.15) is 5.49 Å². The number of nitrogens with zero attached hydrogens (tertiary/aromatic N) is 2. The molecule has 0 aliphatic heterocycles. The van der Waals surface area contributed by atoms with E-state index in [0.29, 0.717) is 5.49 Å². The van der Waals surface area contributed by atoms with Gasteiger partial charge in [0.25, 0.3) is 0 Å². The normalized spacial score (nSPS) is 9.12. The highest BCUT2D eigenvalue weighted by atomic mass is 15.0. The van der Waals surface area contributed by atoms with Crippen molar-refractivity contribution >= 4 is 0 Å². The molecule has 0 atom stereocenters. The van der Waals surface area contributed by atoms with Crippen LogP contribution in [0.2, 0.25) is 0 Å². The molecular formula is C5H7N3. The molecule has 3 heteroatoms. The average Bonchev–Trinajstić information content (AvgIpc) is 1.77. The highest BCUT2D eigenvalue weighted by Crippen LogP contribution is 1.65. The Hall–Kier alpha value is -1.12. The average molecular weight is 109 g/mol. The highest BCUT2D eigenvalue weighted by molar-refractivity contribution is 4.76. The van der Waals surface area contributed by atoms with E-state index in [1.54, 1.807) is 30.2 Å². The number of rotatable bonds is 0. The minimum absolute atomic E-state index is 0.472. The molecule has 0 unspecified atom stereocenters. The van der Waals surface area contributed by atoms with Crippen molar-refractivity contribution in [3.63, 3.8) is 0 Å². The quantitative estimate of drug-likeness (QED) is 0.496. The van der Waals surface area contributed by atoms with Crippen LogP contribution in [0, 0.1) is 5.41 Å². The Labute approximate surface area is 47.1 Å². The molecule has 1 aromatic heterocycles. The summed E-state index contributed by atoms with van der Waals surface area (Å²) in [5, 5.41) is 7.14. The Kier molecular flexibility index (Phi) is 1.12. The second-order valence-corrected chi connectivity index (χ2v) is 1.58. The second-order valence-electron chi connectivity index (χ2n) is 1.58. The smallest absolute Gasteiger partial charge is 0.127 e. The Balaban J connectivity index is 3.35. The number of nitrogens with one attached hydrogen (secondary N) is 1. The molecular weight excluding hydrogens is 102 g/mol. The van der Waals surface area contributed by atoms with Crippen LogP contribution in [-0.2, 0) is 7.05 Å². The Morgan fingerprint density at radius 2 is 2.50 bits per heavy atom. The van der Waals surface area contributed by atoms with Gasteiger partial charge in [0.15, 0.2) is 0 Å². The highest BCUT2D eigenvalue weighted by Gasteiger charge is 1.76. The van der Waals surface area contributed by atoms with E-state index >= 15 is 0 Å². The van der Waals surface area contributed by atoms with Gasteiger partial charge in [-0.05, 0) is 6.07 Å². The van der Waals surface area contributed by atoms with E-state index in [1.807, 2.05) is 0 Å². The van der Waals surface area contributed by atoms with Gasteiger partial charge in [-0.15, -0.1) is 0 Å². The van der Waals surface area contributed by atoms with Crippen LogP contribution < -0.4 is 5.49 Å². The van der Waals surface area contributed by atoms with Crippen molar-refractivity contribution in [1.82, 2.24) is 9.55 Å². The van der Waals surface area contributed by atoms with Gasteiger partial charge < -0.3 is 4.57 Å². The summed E-state index contributed by atoms with van der Waals surface area (Å²) < 4.78 is 1.64. The first kappa shape index (κ1) is 5.03. The molecule has 3 nitrogen and oxygen atoms in total. The summed E-state index contributed by atoms with van der Waals surface area (Å²) >= 11 is 0. The lowest BCUT2D eigenvalue weighted by Gasteiger charge is -1.91. The maximum atomic E-state index is 7.14. The third-order valence-corrected chi connectivity index (χ3v) is 0.938. The molecule has 0 saturated carbocycles. The largest absolute Gasteiger partial charge is 0.321 e. The number of aryl methyl sites for hydroxylation is 1. The summed E-state index contributed by atoms with van der Waals surface area (Å²) in [7, 11) is 1.79. The molecule has 0 bridgehead atoms. The van der Waals surface area contributed by atoms with Crippen LogP contribution in [0.15, 0.2) is 18.6 Å². The van der Waals surface area contributed by atoms with Crippen LogP contribution in [0.1, 0.15) is 0 Å². The Morgan fingerprint density at radius 3 is 2.88 bits per heavy atom. The van der Waals surface area contributed by atoms with Gasteiger partial charge in [0.05, 0.1) is 6.33 Å². The molecule has 1 heterocycles. The van der Waals surface area contributed by atoms with Crippen molar-refractivity contribution in [2.75, 3.05) is 0 Å². The number of hydrogen-bond acceptors (Lipinski definition) is 2. The summed E-state index contributed by atoms with van der Waals surface area (Å²) in [4.78, 5) is 3.79. The fourth-order valence-electron chi connectivity index (χ4n) is 0.432. The monoisotopic (exact) mass is 109 g/mol. The van der Waals surface area contributed by atoms with Gasteiger partial charge in [-0.3, -0.25) is 5.41 Å². The van der Waals surface area contributed by atoms with Crippen molar-refractivity contribution < 1.29 is 0 Å². The number of aromatic nitrogens is 2. The van der Waals surface area contributed by atoms with Crippen LogP contribution in [0.3, 0.4) is 0 Å². The van der Waals surface area contributed by atoms with Crippen LogP contribution >= 0.6 is 0 Å². The van der Waals surface area contributed by atoms with E-state index in [2.05, 4.69) is 4.98 Å². The zero-order chi connectivity index (χ0) is 5.98. The lowest BCUT2D eigenvalue weighted by Crippen LogP contribution is -2.14. The molecule has 0 spiro atoms. The molecule has 0 saturated heterocycles. The summed E-state index contributed by atoms with van der Waals surface area (Å²) in [6.07, 6.45) is 3.20. The SMILES string of the molecule is Cn1cnccc1=N. The fourth-order valence-corrected chi connectivity index (χ4v) is 0.432. The third kappa shape index (κ3) is 0.753. The molecule has 0 amide bonds. The van der Waals surface area contributed by atoms with Crippen molar-refractivity contribution in [2.45, 2.75) is 0 Å². The predicted octanol–water partition coefficient (Wildman–Crippen LogP) is -0.100. The Morgan fingerprint density at radius 1 is 1.75 bits per heavy atom. The van der Waals surface area contributed by atoms with Gasteiger partial charge in [-0.1, -0.05) is 0 Å². The summed E-state index contributed by atoms with van der Waals surface area (Å²) in [6, 6.07) is 1.64. The summed E-state index contributed by atoms with van der Waals surface area (Å²) in [5.41, 5.74) is 0.472. The molecule has 0 radical (unpaired) electrons. The third-order valence-electron chi connectivity index (χ3n) is 0.938. The van der Waals surface area contributed by atoms with Crippen molar-refractivity contribution in [1.29, 1.82) is 5.41 Å². The topological polar surface area (TPSA) is 41.7 Å². The zero-order valence-corrected chi connectivity index (χ0v) is 4.63. The molecule has 8 heavy (non-hydrogen) atoms. The van der Waals surface area contributed by atoms with E-state index in [-0.39, 0.29) is 0 Å². The first-order chi connectivity index (χ1) is 3.80. The summed E-state index contributed by atoms with van der Waals surface area (Å²) in [5.74, 6) is 0. The predicted molar refractivity (Wildman–Crippen MR) is 29.1 cm³/mol. The first-order valence-electron chi connectivity index (χ1n) is 2.32. The second kappa shape index (κ2) is 1.78. The molecule has 0 aliphatic carbocycles.